The molecule has 3 rings (SSSR count). The average Bonchev–Trinajstić information content (AvgIpc) is 2.61. The van der Waals surface area contributed by atoms with Crippen LogP contribution in [0, 0.1) is 11.3 Å². The molecule has 2 heterocycles. The summed E-state index contributed by atoms with van der Waals surface area (Å²) >= 11 is 0. The van der Waals surface area contributed by atoms with Crippen LogP contribution in [0.5, 0.6) is 0 Å². The van der Waals surface area contributed by atoms with E-state index < -0.39 is 0 Å². The van der Waals surface area contributed by atoms with Crippen molar-refractivity contribution < 1.29 is 0 Å². The van der Waals surface area contributed by atoms with E-state index in [0.29, 0.717) is 6.42 Å². The number of hydrogen-bond acceptors (Lipinski definition) is 4. The Kier molecular flexibility index (Phi) is 5.15. The Bertz CT molecular complexity index is 867. The maximum absolute atomic E-state index is 8.79. The molecule has 0 saturated carbocycles. The van der Waals surface area contributed by atoms with Gasteiger partial charge in [-0.25, -0.2) is 0 Å². The normalized spacial score (nSPS) is 10.9. The van der Waals surface area contributed by atoms with E-state index >= 15 is 0 Å². The van der Waals surface area contributed by atoms with Crippen molar-refractivity contribution in [1.82, 2.24) is 14.9 Å². The molecule has 4 heteroatoms. The molecule has 0 unspecified atom stereocenters. The summed E-state index contributed by atoms with van der Waals surface area (Å²) in [6, 6.07) is 18.5. The van der Waals surface area contributed by atoms with Crippen LogP contribution in [-0.2, 0) is 19.5 Å². The summed E-state index contributed by atoms with van der Waals surface area (Å²) in [5.41, 5.74) is 4.26. The Balaban J connectivity index is 1.71. The fourth-order valence-electron chi connectivity index (χ4n) is 2.82. The standard InChI is InChI=1S/C20H20N4/c1-24(15-20-16(7-4-12-21)8-5-13-22-20)14-18-11-10-17-6-2-3-9-19(17)23-18/h2-3,5-6,8-11,13H,4,7,14-15H2,1H3. The highest BCUT2D eigenvalue weighted by molar-refractivity contribution is 5.78. The van der Waals surface area contributed by atoms with E-state index in [4.69, 9.17) is 10.2 Å². The van der Waals surface area contributed by atoms with Gasteiger partial charge in [0.2, 0.25) is 0 Å². The molecule has 1 aromatic carbocycles. The van der Waals surface area contributed by atoms with Gasteiger partial charge in [0.25, 0.3) is 0 Å². The molecule has 0 spiro atoms. The first-order valence-corrected chi connectivity index (χ1v) is 8.09. The van der Waals surface area contributed by atoms with Crippen molar-refractivity contribution in [2.75, 3.05) is 7.05 Å². The molecule has 120 valence electrons. The minimum Gasteiger partial charge on any atom is -0.295 e. The molecular formula is C20H20N4. The number of pyridine rings is 2. The summed E-state index contributed by atoms with van der Waals surface area (Å²) < 4.78 is 0. The van der Waals surface area contributed by atoms with E-state index in [-0.39, 0.29) is 0 Å². The van der Waals surface area contributed by atoms with Gasteiger partial charge < -0.3 is 0 Å². The van der Waals surface area contributed by atoms with Gasteiger partial charge in [-0.3, -0.25) is 14.9 Å². The molecule has 3 aromatic rings. The topological polar surface area (TPSA) is 52.8 Å². The average molecular weight is 316 g/mol. The summed E-state index contributed by atoms with van der Waals surface area (Å²) in [6.07, 6.45) is 3.09. The first-order valence-electron chi connectivity index (χ1n) is 8.09. The number of aromatic nitrogens is 2. The Hall–Kier alpha value is -2.77. The highest BCUT2D eigenvalue weighted by Crippen LogP contribution is 2.15. The van der Waals surface area contributed by atoms with Crippen LogP contribution in [0.15, 0.2) is 54.7 Å². The van der Waals surface area contributed by atoms with Crippen molar-refractivity contribution in [3.63, 3.8) is 0 Å². The SMILES string of the molecule is CN(Cc1ccc2ccccc2n1)Cc1ncccc1CCC#N. The molecule has 0 amide bonds. The van der Waals surface area contributed by atoms with Crippen molar-refractivity contribution in [1.29, 1.82) is 5.26 Å². The number of aryl methyl sites for hydroxylation is 1. The third-order valence-corrected chi connectivity index (χ3v) is 4.00. The minimum atomic E-state index is 0.522. The van der Waals surface area contributed by atoms with E-state index in [1.165, 1.54) is 0 Å². The third kappa shape index (κ3) is 3.95. The van der Waals surface area contributed by atoms with Crippen LogP contribution in [0.2, 0.25) is 0 Å². The van der Waals surface area contributed by atoms with Crippen LogP contribution >= 0.6 is 0 Å². The molecule has 0 fully saturated rings. The number of para-hydroxylation sites is 1. The van der Waals surface area contributed by atoms with E-state index in [2.05, 4.69) is 47.3 Å². The summed E-state index contributed by atoms with van der Waals surface area (Å²) in [4.78, 5) is 11.4. The van der Waals surface area contributed by atoms with Crippen molar-refractivity contribution in [3.8, 4) is 6.07 Å². The van der Waals surface area contributed by atoms with Gasteiger partial charge in [-0.15, -0.1) is 0 Å². The summed E-state index contributed by atoms with van der Waals surface area (Å²) in [5, 5.41) is 9.95. The molecule has 0 aliphatic heterocycles. The van der Waals surface area contributed by atoms with Gasteiger partial charge in [-0.05, 0) is 37.2 Å². The van der Waals surface area contributed by atoms with Crippen LogP contribution in [-0.4, -0.2) is 21.9 Å². The van der Waals surface area contributed by atoms with Crippen LogP contribution in [0.25, 0.3) is 10.9 Å². The largest absolute Gasteiger partial charge is 0.295 e. The second-order valence-electron chi connectivity index (χ2n) is 5.93. The lowest BCUT2D eigenvalue weighted by atomic mass is 10.1. The van der Waals surface area contributed by atoms with Crippen LogP contribution < -0.4 is 0 Å². The second-order valence-corrected chi connectivity index (χ2v) is 5.93. The van der Waals surface area contributed by atoms with Gasteiger partial charge in [0.05, 0.1) is 23.0 Å². The first kappa shape index (κ1) is 16.1. The van der Waals surface area contributed by atoms with Gasteiger partial charge >= 0.3 is 0 Å². The fraction of sp³-hybridized carbons (Fsp3) is 0.250. The second kappa shape index (κ2) is 7.67. The van der Waals surface area contributed by atoms with Crippen LogP contribution in [0.4, 0.5) is 0 Å². The minimum absolute atomic E-state index is 0.522. The van der Waals surface area contributed by atoms with Crippen molar-refractivity contribution in [2.45, 2.75) is 25.9 Å². The number of benzene rings is 1. The Morgan fingerprint density at radius 1 is 1.04 bits per heavy atom. The molecule has 0 aliphatic rings. The van der Waals surface area contributed by atoms with Crippen molar-refractivity contribution >= 4 is 10.9 Å². The monoisotopic (exact) mass is 316 g/mol. The quantitative estimate of drug-likeness (QED) is 0.695. The Morgan fingerprint density at radius 2 is 1.92 bits per heavy atom. The van der Waals surface area contributed by atoms with Gasteiger partial charge in [-0.1, -0.05) is 30.3 Å². The molecule has 4 nitrogen and oxygen atoms in total. The summed E-state index contributed by atoms with van der Waals surface area (Å²) in [6.45, 7) is 1.51. The van der Waals surface area contributed by atoms with E-state index in [1.54, 1.807) is 0 Å². The predicted molar refractivity (Wildman–Crippen MR) is 95.1 cm³/mol. The van der Waals surface area contributed by atoms with Crippen molar-refractivity contribution in [3.05, 3.63) is 71.7 Å². The Morgan fingerprint density at radius 3 is 2.79 bits per heavy atom. The number of rotatable bonds is 6. The first-order chi connectivity index (χ1) is 11.8. The molecular weight excluding hydrogens is 296 g/mol. The Labute approximate surface area is 142 Å². The highest BCUT2D eigenvalue weighted by atomic mass is 15.1. The third-order valence-electron chi connectivity index (χ3n) is 4.00. The smallest absolute Gasteiger partial charge is 0.0705 e. The number of nitrogens with zero attached hydrogens (tertiary/aromatic N) is 4. The van der Waals surface area contributed by atoms with Gasteiger partial charge in [-0.2, -0.15) is 5.26 Å². The maximum atomic E-state index is 8.79. The molecule has 0 radical (unpaired) electrons. The van der Waals surface area contributed by atoms with Crippen molar-refractivity contribution in [2.24, 2.45) is 0 Å². The van der Waals surface area contributed by atoms with Gasteiger partial charge in [0.15, 0.2) is 0 Å². The molecule has 0 aliphatic carbocycles. The van der Waals surface area contributed by atoms with Crippen LogP contribution in [0.3, 0.4) is 0 Å². The molecule has 0 bridgehead atoms. The maximum Gasteiger partial charge on any atom is 0.0705 e. The summed E-state index contributed by atoms with van der Waals surface area (Å²) in [5.74, 6) is 0. The lowest BCUT2D eigenvalue weighted by Crippen LogP contribution is -2.19. The summed E-state index contributed by atoms with van der Waals surface area (Å²) in [7, 11) is 2.07. The lowest BCUT2D eigenvalue weighted by Gasteiger charge is -2.17. The lowest BCUT2D eigenvalue weighted by molar-refractivity contribution is 0.310. The zero-order valence-electron chi connectivity index (χ0n) is 13.8. The number of hydrogen-bond donors (Lipinski definition) is 0. The molecule has 0 saturated heterocycles. The number of fused-ring (bicyclic) bond motifs is 1. The van der Waals surface area contributed by atoms with E-state index in [1.807, 2.05) is 30.5 Å². The molecule has 0 N–H and O–H groups in total. The molecule has 24 heavy (non-hydrogen) atoms. The number of nitriles is 1. The van der Waals surface area contributed by atoms with Gasteiger partial charge in [0, 0.05) is 31.1 Å². The molecule has 0 atom stereocenters. The zero-order valence-corrected chi connectivity index (χ0v) is 13.8. The fourth-order valence-corrected chi connectivity index (χ4v) is 2.82. The van der Waals surface area contributed by atoms with Crippen LogP contribution in [0.1, 0.15) is 23.4 Å². The predicted octanol–water partition coefficient (Wildman–Crippen LogP) is 3.72. The van der Waals surface area contributed by atoms with E-state index in [9.17, 15) is 0 Å². The molecule has 2 aromatic heterocycles. The zero-order chi connectivity index (χ0) is 16.8. The van der Waals surface area contributed by atoms with E-state index in [0.717, 1.165) is 47.4 Å². The van der Waals surface area contributed by atoms with Gasteiger partial charge in [0.1, 0.15) is 0 Å². The highest BCUT2D eigenvalue weighted by Gasteiger charge is 2.08.